The van der Waals surface area contributed by atoms with Crippen LogP contribution in [0.3, 0.4) is 0 Å². The average molecular weight is 555 g/mol. The Kier molecular flexibility index (Phi) is 6.67. The molecule has 0 aliphatic carbocycles. The number of hydrogen-bond donors (Lipinski definition) is 1. The number of rotatable bonds is 4. The summed E-state index contributed by atoms with van der Waals surface area (Å²) in [6, 6.07) is 6.62. The van der Waals surface area contributed by atoms with Crippen LogP contribution in [0, 0.1) is 6.92 Å². The normalized spacial score (nSPS) is 22.1. The first-order valence-electron chi connectivity index (χ1n) is 9.68. The van der Waals surface area contributed by atoms with E-state index in [1.165, 1.54) is 12.1 Å². The zero-order valence-corrected chi connectivity index (χ0v) is 20.2. The van der Waals surface area contributed by atoms with Crippen molar-refractivity contribution in [2.45, 2.75) is 37.8 Å². The Balaban J connectivity index is 1.59. The monoisotopic (exact) mass is 553 g/mol. The van der Waals surface area contributed by atoms with Crippen molar-refractivity contribution >= 4 is 63.2 Å². The van der Waals surface area contributed by atoms with Crippen LogP contribution in [0.4, 0.5) is 13.2 Å². The highest BCUT2D eigenvalue weighted by Crippen LogP contribution is 2.50. The summed E-state index contributed by atoms with van der Waals surface area (Å²) in [4.78, 5) is 22.5. The van der Waals surface area contributed by atoms with Crippen molar-refractivity contribution in [1.29, 1.82) is 0 Å². The number of oxime groups is 2. The molecule has 0 bridgehead atoms. The number of benzene rings is 2. The lowest BCUT2D eigenvalue weighted by atomic mass is 9.86. The highest BCUT2D eigenvalue weighted by molar-refractivity contribution is 6.65. The summed E-state index contributed by atoms with van der Waals surface area (Å²) in [7, 11) is 0. The largest absolute Gasteiger partial charge is 0.435 e. The third-order valence-electron chi connectivity index (χ3n) is 5.37. The van der Waals surface area contributed by atoms with Gasteiger partial charge in [0.15, 0.2) is 5.17 Å². The van der Waals surface area contributed by atoms with Crippen LogP contribution in [0.1, 0.15) is 39.9 Å². The van der Waals surface area contributed by atoms with Gasteiger partial charge in [0.2, 0.25) is 6.23 Å². The van der Waals surface area contributed by atoms with Gasteiger partial charge in [0.1, 0.15) is 0 Å². The molecule has 6 nitrogen and oxygen atoms in total. The molecule has 0 aromatic heterocycles. The van der Waals surface area contributed by atoms with E-state index in [1.807, 2.05) is 0 Å². The zero-order chi connectivity index (χ0) is 24.8. The topological polar surface area (TPSA) is 72.3 Å². The number of nitrogens with one attached hydrogen (secondary N) is 1. The van der Waals surface area contributed by atoms with Gasteiger partial charge in [-0.1, -0.05) is 62.8 Å². The van der Waals surface area contributed by atoms with Gasteiger partial charge in [-0.2, -0.15) is 13.2 Å². The van der Waals surface area contributed by atoms with E-state index in [9.17, 15) is 18.0 Å². The minimum Gasteiger partial charge on any atom is -0.374 e. The van der Waals surface area contributed by atoms with E-state index < -0.39 is 30.3 Å². The predicted octanol–water partition coefficient (Wildman–Crippen LogP) is 6.57. The Morgan fingerprint density at radius 1 is 1.12 bits per heavy atom. The van der Waals surface area contributed by atoms with Crippen molar-refractivity contribution in [3.05, 3.63) is 67.7 Å². The SMILES string of the molecule is Cc1cc(C2=NO[C@@](c3cc(Cl)c(Cl)c(Cl)c3)(C(F)(F)F)C2)ccc1C(=O)NC1CC(Cl)=NO1. The second kappa shape index (κ2) is 9.11. The highest BCUT2D eigenvalue weighted by Gasteiger charge is 2.62. The van der Waals surface area contributed by atoms with Crippen molar-refractivity contribution in [3.8, 4) is 0 Å². The quantitative estimate of drug-likeness (QED) is 0.435. The summed E-state index contributed by atoms with van der Waals surface area (Å²) in [6.45, 7) is 1.64. The fourth-order valence-electron chi connectivity index (χ4n) is 3.59. The molecule has 1 N–H and O–H groups in total. The number of alkyl halides is 3. The van der Waals surface area contributed by atoms with Crippen LogP contribution >= 0.6 is 46.4 Å². The summed E-state index contributed by atoms with van der Waals surface area (Å²) >= 11 is 23.5. The van der Waals surface area contributed by atoms with Crippen molar-refractivity contribution in [2.24, 2.45) is 10.3 Å². The molecule has 1 unspecified atom stereocenters. The molecular weight excluding hydrogens is 541 g/mol. The van der Waals surface area contributed by atoms with E-state index >= 15 is 0 Å². The van der Waals surface area contributed by atoms with Crippen LogP contribution in [-0.2, 0) is 15.3 Å². The Hall–Kier alpha value is -2.20. The Morgan fingerprint density at radius 2 is 1.79 bits per heavy atom. The molecule has 2 heterocycles. The number of amides is 1. The third kappa shape index (κ3) is 4.54. The first-order valence-corrected chi connectivity index (χ1v) is 11.2. The standard InChI is InChI=1S/C21H14Cl4F3N3O3/c1-9-4-10(2-3-12(9)19(32)29-17-7-16(24)31-33-17)15-8-20(34-30-15,21(26,27)28)11-5-13(22)18(25)14(23)6-11/h2-6,17H,7-8H2,1H3,(H,29,32)/t17?,20-/m0/s1. The summed E-state index contributed by atoms with van der Waals surface area (Å²) < 4.78 is 42.7. The predicted molar refractivity (Wildman–Crippen MR) is 123 cm³/mol. The number of hydrogen-bond acceptors (Lipinski definition) is 5. The van der Waals surface area contributed by atoms with Crippen molar-refractivity contribution in [2.75, 3.05) is 0 Å². The van der Waals surface area contributed by atoms with Crippen molar-refractivity contribution in [1.82, 2.24) is 5.32 Å². The molecule has 13 heteroatoms. The van der Waals surface area contributed by atoms with Crippen LogP contribution in [-0.4, -0.2) is 29.2 Å². The summed E-state index contributed by atoms with van der Waals surface area (Å²) in [5.74, 6) is -0.449. The van der Waals surface area contributed by atoms with Gasteiger partial charge in [0, 0.05) is 17.5 Å². The maximum atomic E-state index is 14.2. The van der Waals surface area contributed by atoms with Gasteiger partial charge in [0.05, 0.1) is 27.2 Å². The molecule has 180 valence electrons. The van der Waals surface area contributed by atoms with Crippen LogP contribution in [0.2, 0.25) is 15.1 Å². The third-order valence-corrected chi connectivity index (χ3v) is 6.79. The summed E-state index contributed by atoms with van der Waals surface area (Å²) in [6.07, 6.45) is -5.95. The van der Waals surface area contributed by atoms with Gasteiger partial charge in [-0.15, -0.1) is 0 Å². The number of carbonyl (C=O) groups is 1. The molecular formula is C21H14Cl4F3N3O3. The van der Waals surface area contributed by atoms with Crippen LogP contribution in [0.15, 0.2) is 40.6 Å². The van der Waals surface area contributed by atoms with E-state index in [2.05, 4.69) is 15.6 Å². The molecule has 0 radical (unpaired) electrons. The number of halogens is 7. The molecule has 2 aromatic carbocycles. The maximum absolute atomic E-state index is 14.2. The molecule has 2 atom stereocenters. The Labute approximate surface area is 211 Å². The molecule has 1 amide bonds. The molecule has 0 saturated carbocycles. The van der Waals surface area contributed by atoms with Gasteiger partial charge in [-0.05, 0) is 42.3 Å². The van der Waals surface area contributed by atoms with E-state index in [1.54, 1.807) is 13.0 Å². The van der Waals surface area contributed by atoms with Crippen LogP contribution in [0.5, 0.6) is 0 Å². The highest BCUT2D eigenvalue weighted by atomic mass is 35.5. The van der Waals surface area contributed by atoms with E-state index in [-0.39, 0.29) is 37.9 Å². The van der Waals surface area contributed by atoms with Crippen LogP contribution < -0.4 is 5.32 Å². The minimum absolute atomic E-state index is 0.0360. The molecule has 2 aromatic rings. The van der Waals surface area contributed by atoms with Crippen LogP contribution in [0.25, 0.3) is 0 Å². The molecule has 4 rings (SSSR count). The smallest absolute Gasteiger partial charge is 0.374 e. The second-order valence-electron chi connectivity index (χ2n) is 7.65. The van der Waals surface area contributed by atoms with Crippen molar-refractivity contribution < 1.29 is 27.6 Å². The molecule has 2 aliphatic heterocycles. The summed E-state index contributed by atoms with van der Waals surface area (Å²) in [5.41, 5.74) is -1.94. The molecule has 0 spiro atoms. The number of nitrogens with zero attached hydrogens (tertiary/aromatic N) is 2. The second-order valence-corrected chi connectivity index (χ2v) is 9.28. The van der Waals surface area contributed by atoms with E-state index in [0.717, 1.165) is 12.1 Å². The van der Waals surface area contributed by atoms with Gasteiger partial charge in [0.25, 0.3) is 11.5 Å². The molecule has 2 aliphatic rings. The van der Waals surface area contributed by atoms with Crippen molar-refractivity contribution in [3.63, 3.8) is 0 Å². The first kappa shape index (κ1) is 24.9. The Morgan fingerprint density at radius 3 is 2.35 bits per heavy atom. The molecule has 0 fully saturated rings. The van der Waals surface area contributed by atoms with E-state index in [0.29, 0.717) is 16.7 Å². The molecule has 0 saturated heterocycles. The lowest BCUT2D eigenvalue weighted by Gasteiger charge is -2.30. The minimum atomic E-state index is -4.85. The summed E-state index contributed by atoms with van der Waals surface area (Å²) in [5, 5.41) is 9.77. The van der Waals surface area contributed by atoms with Gasteiger partial charge >= 0.3 is 6.18 Å². The Bertz CT molecular complexity index is 1210. The lowest BCUT2D eigenvalue weighted by Crippen LogP contribution is -2.42. The fourth-order valence-corrected chi connectivity index (χ4v) is 4.37. The van der Waals surface area contributed by atoms with Gasteiger partial charge in [-0.25, -0.2) is 0 Å². The van der Waals surface area contributed by atoms with E-state index in [4.69, 9.17) is 56.1 Å². The zero-order valence-electron chi connectivity index (χ0n) is 17.1. The molecule has 34 heavy (non-hydrogen) atoms. The van der Waals surface area contributed by atoms with Gasteiger partial charge < -0.3 is 15.0 Å². The number of carbonyl (C=O) groups excluding carboxylic acids is 1. The van der Waals surface area contributed by atoms with Gasteiger partial charge in [-0.3, -0.25) is 4.79 Å². The maximum Gasteiger partial charge on any atom is 0.435 e. The fraction of sp³-hybridized carbons (Fsp3) is 0.286. The lowest BCUT2D eigenvalue weighted by molar-refractivity contribution is -0.275. The first-order chi connectivity index (χ1) is 15.9. The average Bonchev–Trinajstić information content (AvgIpc) is 3.38. The number of aryl methyl sites for hydroxylation is 1.